The zero-order valence-corrected chi connectivity index (χ0v) is 35.7. The maximum Gasteiger partial charge on any atom is 0.252 e. The first-order valence-electron chi connectivity index (χ1n) is 21.8. The highest BCUT2D eigenvalue weighted by molar-refractivity contribution is 7.00. The van der Waals surface area contributed by atoms with Crippen molar-refractivity contribution in [1.29, 1.82) is 0 Å². The summed E-state index contributed by atoms with van der Waals surface area (Å²) in [7, 11) is 0. The molecule has 0 saturated carbocycles. The number of anilines is 6. The molecule has 0 N–H and O–H groups in total. The lowest BCUT2D eigenvalue weighted by Crippen LogP contribution is -2.61. The summed E-state index contributed by atoms with van der Waals surface area (Å²) in [5, 5.41) is 2.26. The van der Waals surface area contributed by atoms with E-state index in [-0.39, 0.29) is 17.5 Å². The average molecular weight is 787 g/mol. The van der Waals surface area contributed by atoms with Gasteiger partial charge in [0.2, 0.25) is 0 Å². The van der Waals surface area contributed by atoms with Crippen molar-refractivity contribution < 1.29 is 4.42 Å². The fourth-order valence-electron chi connectivity index (χ4n) is 11.5. The van der Waals surface area contributed by atoms with E-state index in [0.29, 0.717) is 0 Å². The van der Waals surface area contributed by atoms with E-state index in [9.17, 15) is 0 Å². The lowest BCUT2D eigenvalue weighted by Gasteiger charge is -2.45. The minimum atomic E-state index is -0.00511. The predicted molar refractivity (Wildman–Crippen MR) is 259 cm³/mol. The molecular weight excluding hydrogens is 739 g/mol. The van der Waals surface area contributed by atoms with Crippen molar-refractivity contribution in [2.45, 2.75) is 58.8 Å². The summed E-state index contributed by atoms with van der Waals surface area (Å²) < 4.78 is 6.56. The molecule has 0 spiro atoms. The fourth-order valence-corrected chi connectivity index (χ4v) is 11.5. The Balaban J connectivity index is 1.22. The van der Waals surface area contributed by atoms with Crippen LogP contribution in [-0.2, 0) is 10.8 Å². The predicted octanol–water partition coefficient (Wildman–Crippen LogP) is 13.6. The van der Waals surface area contributed by atoms with Crippen LogP contribution in [0.25, 0.3) is 44.2 Å². The van der Waals surface area contributed by atoms with Crippen molar-refractivity contribution in [3.05, 3.63) is 186 Å². The monoisotopic (exact) mass is 786 g/mol. The van der Waals surface area contributed by atoms with Crippen molar-refractivity contribution in [3.8, 4) is 22.3 Å². The minimum absolute atomic E-state index is 0.00511. The lowest BCUT2D eigenvalue weighted by molar-refractivity contribution is 0.403. The first-order chi connectivity index (χ1) is 29.6. The molecule has 9 aromatic rings. The third-order valence-electron chi connectivity index (χ3n) is 14.0. The topological polar surface area (TPSA) is 19.6 Å². The molecule has 1 aromatic heterocycles. The third-order valence-corrected chi connectivity index (χ3v) is 14.0. The molecule has 0 unspecified atom stereocenters. The van der Waals surface area contributed by atoms with Crippen molar-refractivity contribution in [2.24, 2.45) is 0 Å². The molecule has 0 amide bonds. The maximum atomic E-state index is 6.56. The van der Waals surface area contributed by atoms with Gasteiger partial charge in [0.1, 0.15) is 11.2 Å². The first-order valence-corrected chi connectivity index (χ1v) is 21.8. The second kappa shape index (κ2) is 12.9. The summed E-state index contributed by atoms with van der Waals surface area (Å²) in [4.78, 5) is 5.17. The zero-order chi connectivity index (χ0) is 41.4. The van der Waals surface area contributed by atoms with Gasteiger partial charge in [0, 0.05) is 33.8 Å². The number of hydrogen-bond donors (Lipinski definition) is 0. The van der Waals surface area contributed by atoms with Crippen LogP contribution in [0.15, 0.2) is 168 Å². The van der Waals surface area contributed by atoms with Gasteiger partial charge in [0.05, 0.1) is 11.1 Å². The molecule has 12 rings (SSSR count). The summed E-state index contributed by atoms with van der Waals surface area (Å²) in [6.07, 6.45) is 1.11. The van der Waals surface area contributed by atoms with Gasteiger partial charge in [-0.2, -0.15) is 0 Å². The van der Waals surface area contributed by atoms with E-state index in [2.05, 4.69) is 215 Å². The summed E-state index contributed by atoms with van der Waals surface area (Å²) in [6, 6.07) is 61.0. The van der Waals surface area contributed by atoms with Crippen LogP contribution < -0.4 is 26.2 Å². The molecular formula is C57H47BN2O. The van der Waals surface area contributed by atoms with Crippen LogP contribution in [0.1, 0.15) is 56.4 Å². The van der Waals surface area contributed by atoms with Crippen molar-refractivity contribution in [3.63, 3.8) is 0 Å². The highest BCUT2D eigenvalue weighted by Crippen LogP contribution is 2.53. The van der Waals surface area contributed by atoms with E-state index in [0.717, 1.165) is 34.0 Å². The number of fused-ring (bicyclic) bond motifs is 8. The van der Waals surface area contributed by atoms with Gasteiger partial charge < -0.3 is 14.2 Å². The Morgan fingerprint density at radius 3 is 1.77 bits per heavy atom. The lowest BCUT2D eigenvalue weighted by atomic mass is 9.33. The number of para-hydroxylation sites is 1. The summed E-state index contributed by atoms with van der Waals surface area (Å²) in [6.45, 7) is 14.3. The Morgan fingerprint density at radius 1 is 0.459 bits per heavy atom. The Morgan fingerprint density at radius 2 is 1.05 bits per heavy atom. The molecule has 61 heavy (non-hydrogen) atoms. The van der Waals surface area contributed by atoms with Gasteiger partial charge >= 0.3 is 0 Å². The van der Waals surface area contributed by atoms with Crippen LogP contribution in [0.2, 0.25) is 0 Å². The molecule has 0 radical (unpaired) electrons. The van der Waals surface area contributed by atoms with Crippen LogP contribution >= 0.6 is 0 Å². The molecule has 0 atom stereocenters. The Bertz CT molecular complexity index is 3270. The normalized spacial score (nSPS) is 15.5. The van der Waals surface area contributed by atoms with Gasteiger partial charge in [-0.15, -0.1) is 0 Å². The van der Waals surface area contributed by atoms with E-state index in [1.165, 1.54) is 89.3 Å². The zero-order valence-electron chi connectivity index (χ0n) is 35.7. The van der Waals surface area contributed by atoms with Crippen molar-refractivity contribution >= 4 is 79.2 Å². The highest BCUT2D eigenvalue weighted by atomic mass is 16.3. The Labute approximate surface area is 359 Å². The second-order valence-corrected chi connectivity index (χ2v) is 19.0. The highest BCUT2D eigenvalue weighted by Gasteiger charge is 2.48. The largest absolute Gasteiger partial charge is 0.456 e. The van der Waals surface area contributed by atoms with Crippen molar-refractivity contribution in [1.82, 2.24) is 0 Å². The van der Waals surface area contributed by atoms with Gasteiger partial charge in [-0.3, -0.25) is 0 Å². The van der Waals surface area contributed by atoms with Crippen LogP contribution in [0.4, 0.5) is 34.1 Å². The van der Waals surface area contributed by atoms with Crippen LogP contribution in [0.3, 0.4) is 0 Å². The van der Waals surface area contributed by atoms with Gasteiger partial charge in [0.15, 0.2) is 0 Å². The molecule has 0 bridgehead atoms. The molecule has 294 valence electrons. The summed E-state index contributed by atoms with van der Waals surface area (Å²) >= 11 is 0. The van der Waals surface area contributed by atoms with Gasteiger partial charge in [-0.1, -0.05) is 143 Å². The molecule has 8 aromatic carbocycles. The van der Waals surface area contributed by atoms with Gasteiger partial charge in [-0.25, -0.2) is 0 Å². The second-order valence-electron chi connectivity index (χ2n) is 19.0. The SMILES string of the molecule is Cc1cc2c3c(c1)N(c1cccc4oc5ccccc5c14)c1ccc(-c4ccccc4)cc1B3c1cc3c(cc1N2c1cc(-c2ccccc2)ccc1C)C(C)(C)CC3(C)C. The number of nitrogens with zero attached hydrogens (tertiary/aromatic N) is 2. The van der Waals surface area contributed by atoms with E-state index < -0.39 is 0 Å². The molecule has 0 saturated heterocycles. The number of rotatable bonds is 4. The van der Waals surface area contributed by atoms with E-state index >= 15 is 0 Å². The van der Waals surface area contributed by atoms with Crippen LogP contribution in [0.5, 0.6) is 0 Å². The summed E-state index contributed by atoms with van der Waals surface area (Å²) in [5.41, 5.74) is 23.4. The minimum Gasteiger partial charge on any atom is -0.456 e. The van der Waals surface area contributed by atoms with Crippen LogP contribution in [0, 0.1) is 13.8 Å². The average Bonchev–Trinajstić information content (AvgIpc) is 3.73. The standard InChI is InChI=1S/C57H47BN2O/c1-35-28-50-55-51(29-35)60(48-31-40(25-24-36(48)2)38-18-11-8-12-19-38)49-33-43-42(56(3,4)34-57(43,5)6)32-45(49)58(55)44-30-39(37-16-9-7-10-17-37)26-27-46(44)59(50)47-21-15-23-53-54(47)41-20-13-14-22-52(41)61-53/h7-33H,34H2,1-6H3. The first kappa shape index (κ1) is 36.1. The van der Waals surface area contributed by atoms with Gasteiger partial charge in [0.25, 0.3) is 6.71 Å². The van der Waals surface area contributed by atoms with Crippen molar-refractivity contribution in [2.75, 3.05) is 9.80 Å². The molecule has 3 aliphatic rings. The number of aryl methyl sites for hydroxylation is 2. The third kappa shape index (κ3) is 5.31. The Kier molecular flexibility index (Phi) is 7.62. The molecule has 1 aliphatic carbocycles. The molecule has 4 heteroatoms. The molecule has 0 fully saturated rings. The smallest absolute Gasteiger partial charge is 0.252 e. The number of hydrogen-bond acceptors (Lipinski definition) is 3. The quantitative estimate of drug-likeness (QED) is 0.166. The summed E-state index contributed by atoms with van der Waals surface area (Å²) in [5.74, 6) is 0. The number of benzene rings is 8. The maximum absolute atomic E-state index is 6.56. The molecule has 3 nitrogen and oxygen atoms in total. The van der Waals surface area contributed by atoms with E-state index in [4.69, 9.17) is 4.42 Å². The van der Waals surface area contributed by atoms with E-state index in [1.807, 2.05) is 0 Å². The molecule has 3 heterocycles. The van der Waals surface area contributed by atoms with E-state index in [1.54, 1.807) is 0 Å². The number of furan rings is 1. The van der Waals surface area contributed by atoms with Crippen LogP contribution in [-0.4, -0.2) is 6.71 Å². The Hall–Kier alpha value is -6.78. The molecule has 2 aliphatic heterocycles. The van der Waals surface area contributed by atoms with Gasteiger partial charge in [-0.05, 0) is 141 Å². The fraction of sp³-hybridized carbons (Fsp3) is 0.158.